The van der Waals surface area contributed by atoms with E-state index in [1.807, 2.05) is 18.2 Å². The first-order valence-corrected chi connectivity index (χ1v) is 14.1. The summed E-state index contributed by atoms with van der Waals surface area (Å²) in [7, 11) is -3.61. The maximum Gasteiger partial charge on any atom is 0.269 e. The number of amides is 1. The van der Waals surface area contributed by atoms with Crippen LogP contribution in [0, 0.1) is 28.6 Å². The summed E-state index contributed by atoms with van der Waals surface area (Å²) in [5.41, 5.74) is 1.30. The number of carbonyl (C=O) groups is 1. The Hall–Kier alpha value is -1.37. The monoisotopic (exact) mass is 476 g/mol. The van der Waals surface area contributed by atoms with E-state index < -0.39 is 10.0 Å². The molecule has 1 aliphatic heterocycles. The number of hydrazine groups is 1. The van der Waals surface area contributed by atoms with Gasteiger partial charge in [0.2, 0.25) is 10.0 Å². The van der Waals surface area contributed by atoms with E-state index >= 15 is 0 Å². The number of fused-ring (bicyclic) bond motifs is 5. The van der Waals surface area contributed by atoms with E-state index in [1.165, 1.54) is 30.7 Å². The molecule has 0 radical (unpaired) electrons. The molecular weight excluding hydrogens is 444 g/mol. The van der Waals surface area contributed by atoms with Crippen molar-refractivity contribution < 1.29 is 13.2 Å². The minimum absolute atomic E-state index is 0.192. The van der Waals surface area contributed by atoms with Gasteiger partial charge in [-0.3, -0.25) is 9.80 Å². The molecule has 3 saturated carbocycles. The smallest absolute Gasteiger partial charge is 0.268 e. The average molecular weight is 477 g/mol. The number of rotatable bonds is 3. The lowest BCUT2D eigenvalue weighted by atomic mass is 9.48. The van der Waals surface area contributed by atoms with Gasteiger partial charge in [-0.15, -0.1) is 4.83 Å². The first-order valence-electron chi connectivity index (χ1n) is 11.8. The lowest BCUT2D eigenvalue weighted by Gasteiger charge is -2.60. The highest BCUT2D eigenvalue weighted by molar-refractivity contribution is 7.88. The minimum atomic E-state index is -3.61. The number of carbonyl (C=O) groups excluding carboxylic acids is 1. The van der Waals surface area contributed by atoms with Crippen molar-refractivity contribution in [2.75, 3.05) is 6.26 Å². The third-order valence-electron chi connectivity index (χ3n) is 9.15. The molecule has 1 heterocycles. The lowest BCUT2D eigenvalue weighted by Crippen LogP contribution is -2.64. The highest BCUT2D eigenvalue weighted by Crippen LogP contribution is 2.64. The van der Waals surface area contributed by atoms with Gasteiger partial charge in [-0.25, -0.2) is 8.42 Å². The van der Waals surface area contributed by atoms with E-state index in [4.69, 9.17) is 11.6 Å². The fourth-order valence-corrected chi connectivity index (χ4v) is 8.58. The normalized spacial score (nSPS) is 39.2. The Kier molecular flexibility index (Phi) is 5.31. The van der Waals surface area contributed by atoms with Gasteiger partial charge in [0.25, 0.3) is 5.91 Å². The zero-order valence-corrected chi connectivity index (χ0v) is 20.7. The van der Waals surface area contributed by atoms with Crippen molar-refractivity contribution in [3.63, 3.8) is 0 Å². The summed E-state index contributed by atoms with van der Waals surface area (Å²) in [5.74, 6) is 1.46. The van der Waals surface area contributed by atoms with Crippen LogP contribution in [-0.2, 0) is 14.8 Å². The van der Waals surface area contributed by atoms with Gasteiger partial charge in [-0.05, 0) is 67.8 Å². The number of hydrogen-bond donors (Lipinski definition) is 1. The zero-order valence-electron chi connectivity index (χ0n) is 19.1. The van der Waals surface area contributed by atoms with Crippen molar-refractivity contribution in [2.24, 2.45) is 28.6 Å². The second kappa shape index (κ2) is 7.57. The Bertz CT molecular complexity index is 1090. The van der Waals surface area contributed by atoms with E-state index in [2.05, 4.69) is 24.8 Å². The third-order valence-corrected chi connectivity index (χ3v) is 10.0. The van der Waals surface area contributed by atoms with Crippen molar-refractivity contribution in [3.8, 4) is 0 Å². The Morgan fingerprint density at radius 3 is 2.53 bits per heavy atom. The Labute approximate surface area is 196 Å². The van der Waals surface area contributed by atoms with Crippen LogP contribution in [0.1, 0.15) is 64.4 Å². The summed E-state index contributed by atoms with van der Waals surface area (Å²) in [4.78, 5) is 16.2. The molecule has 6 atom stereocenters. The molecule has 1 aromatic rings. The van der Waals surface area contributed by atoms with Gasteiger partial charge >= 0.3 is 0 Å². The second-order valence-electron chi connectivity index (χ2n) is 11.0. The molecule has 3 aliphatic carbocycles. The van der Waals surface area contributed by atoms with Gasteiger partial charge < -0.3 is 0 Å². The summed E-state index contributed by atoms with van der Waals surface area (Å²) in [6.45, 7) is 4.72. The number of hydrogen-bond acceptors (Lipinski definition) is 3. The predicted molar refractivity (Wildman–Crippen MR) is 127 cm³/mol. The van der Waals surface area contributed by atoms with Gasteiger partial charge in [0, 0.05) is 21.6 Å². The standard InChI is InChI=1S/C25H33ClN2O3S/c1-24-13-6-8-19(24)17-10-11-22-25(2,20(17)12-14-24)15-18(16-7-4-5-9-21(16)26)23(29)28(22)27-32(3,30)31/h4-5,7,9,15,17,19-20,22,27H,6,8,10-14H2,1-3H3/t17-,19-,20+,22?,24-,25+/m0/s1. The Morgan fingerprint density at radius 2 is 1.81 bits per heavy atom. The van der Waals surface area contributed by atoms with Gasteiger partial charge in [-0.2, -0.15) is 0 Å². The third kappa shape index (κ3) is 3.45. The van der Waals surface area contributed by atoms with Gasteiger partial charge in [0.05, 0.1) is 12.3 Å². The second-order valence-corrected chi connectivity index (χ2v) is 13.1. The SMILES string of the molecule is C[C@@]12CCC[C@H]1[C@@H]1CCC3N(NS(C)(=O)=O)C(=O)C(c4ccccc4Cl)=C[C@]3(C)[C@@H]1CC2. The summed E-state index contributed by atoms with van der Waals surface area (Å²) in [5, 5.41) is 1.92. The molecule has 0 spiro atoms. The van der Waals surface area contributed by atoms with Crippen LogP contribution >= 0.6 is 11.6 Å². The Morgan fingerprint density at radius 1 is 1.06 bits per heavy atom. The maximum atomic E-state index is 13.6. The molecule has 7 heteroatoms. The van der Waals surface area contributed by atoms with Crippen molar-refractivity contribution >= 4 is 33.1 Å². The summed E-state index contributed by atoms with van der Waals surface area (Å²) in [6.07, 6.45) is 11.4. The van der Waals surface area contributed by atoms with Crippen molar-refractivity contribution in [2.45, 2.75) is 64.8 Å². The number of nitrogens with one attached hydrogen (secondary N) is 1. The van der Waals surface area contributed by atoms with Crippen LogP contribution in [0.2, 0.25) is 5.02 Å². The molecule has 174 valence electrons. The molecule has 0 saturated heterocycles. The molecular formula is C25H33ClN2O3S. The molecule has 5 nitrogen and oxygen atoms in total. The van der Waals surface area contributed by atoms with Crippen LogP contribution in [0.3, 0.4) is 0 Å². The van der Waals surface area contributed by atoms with E-state index in [9.17, 15) is 13.2 Å². The molecule has 0 aromatic heterocycles. The largest absolute Gasteiger partial charge is 0.269 e. The van der Waals surface area contributed by atoms with Crippen LogP contribution in [0.5, 0.6) is 0 Å². The maximum absolute atomic E-state index is 13.6. The number of halogens is 1. The number of nitrogens with zero attached hydrogens (tertiary/aromatic N) is 1. The zero-order chi connectivity index (χ0) is 22.9. The highest BCUT2D eigenvalue weighted by Gasteiger charge is 2.59. The molecule has 1 aromatic carbocycles. The van der Waals surface area contributed by atoms with Crippen LogP contribution in [0.25, 0.3) is 5.57 Å². The summed E-state index contributed by atoms with van der Waals surface area (Å²) < 4.78 is 24.5. The fraction of sp³-hybridized carbons (Fsp3) is 0.640. The van der Waals surface area contributed by atoms with E-state index in [0.717, 1.165) is 31.4 Å². The predicted octanol–water partition coefficient (Wildman–Crippen LogP) is 5.03. The van der Waals surface area contributed by atoms with Crippen LogP contribution in [-0.4, -0.2) is 31.6 Å². The first-order chi connectivity index (χ1) is 15.0. The van der Waals surface area contributed by atoms with Crippen LogP contribution in [0.4, 0.5) is 0 Å². The molecule has 1 N–H and O–H groups in total. The molecule has 0 bridgehead atoms. The fourth-order valence-electron chi connectivity index (χ4n) is 7.77. The molecule has 1 amide bonds. The topological polar surface area (TPSA) is 66.5 Å². The highest BCUT2D eigenvalue weighted by atomic mass is 35.5. The quantitative estimate of drug-likeness (QED) is 0.665. The van der Waals surface area contributed by atoms with Crippen LogP contribution in [0.15, 0.2) is 30.3 Å². The Balaban J connectivity index is 1.63. The van der Waals surface area contributed by atoms with Gasteiger partial charge in [0.1, 0.15) is 0 Å². The summed E-state index contributed by atoms with van der Waals surface area (Å²) >= 11 is 6.50. The molecule has 5 rings (SSSR count). The molecule has 1 unspecified atom stereocenters. The van der Waals surface area contributed by atoms with Gasteiger partial charge in [-0.1, -0.05) is 56.1 Å². The van der Waals surface area contributed by atoms with Crippen molar-refractivity contribution in [3.05, 3.63) is 40.9 Å². The van der Waals surface area contributed by atoms with E-state index in [0.29, 0.717) is 33.4 Å². The van der Waals surface area contributed by atoms with Crippen LogP contribution < -0.4 is 4.83 Å². The van der Waals surface area contributed by atoms with Gasteiger partial charge in [0.15, 0.2) is 0 Å². The molecule has 32 heavy (non-hydrogen) atoms. The summed E-state index contributed by atoms with van der Waals surface area (Å²) in [6, 6.07) is 7.15. The first kappa shape index (κ1) is 22.4. The lowest BCUT2D eigenvalue weighted by molar-refractivity contribution is -0.142. The van der Waals surface area contributed by atoms with E-state index in [1.54, 1.807) is 6.07 Å². The number of benzene rings is 1. The van der Waals surface area contributed by atoms with Crippen molar-refractivity contribution in [1.82, 2.24) is 9.84 Å². The molecule has 4 aliphatic rings. The minimum Gasteiger partial charge on any atom is -0.268 e. The molecule has 3 fully saturated rings. The average Bonchev–Trinajstić information content (AvgIpc) is 3.12. The van der Waals surface area contributed by atoms with Crippen molar-refractivity contribution in [1.29, 1.82) is 0 Å². The number of sulfonamides is 1. The van der Waals surface area contributed by atoms with E-state index in [-0.39, 0.29) is 17.4 Å².